The Labute approximate surface area is 152 Å². The van der Waals surface area contributed by atoms with Crippen molar-refractivity contribution in [2.45, 2.75) is 25.9 Å². The van der Waals surface area contributed by atoms with E-state index in [2.05, 4.69) is 9.97 Å². The number of aromatic nitrogens is 2. The van der Waals surface area contributed by atoms with Crippen LogP contribution in [0.2, 0.25) is 0 Å². The SMILES string of the molecule is Cc1ccc(C(=O)N2CCCC(Oc3nccnc3N(C)C)C2)cc1F. The first kappa shape index (κ1) is 18.1. The molecular formula is C19H23FN4O2. The summed E-state index contributed by atoms with van der Waals surface area (Å²) in [5.74, 6) is 0.565. The lowest BCUT2D eigenvalue weighted by molar-refractivity contribution is 0.0528. The normalized spacial score (nSPS) is 17.1. The summed E-state index contributed by atoms with van der Waals surface area (Å²) in [6.45, 7) is 2.75. The van der Waals surface area contributed by atoms with Crippen molar-refractivity contribution in [3.63, 3.8) is 0 Å². The van der Waals surface area contributed by atoms with Crippen molar-refractivity contribution in [1.82, 2.24) is 14.9 Å². The summed E-state index contributed by atoms with van der Waals surface area (Å²) in [5.41, 5.74) is 0.891. The van der Waals surface area contributed by atoms with Crippen LogP contribution in [-0.2, 0) is 0 Å². The van der Waals surface area contributed by atoms with Gasteiger partial charge in [0.1, 0.15) is 11.9 Å². The van der Waals surface area contributed by atoms with Crippen LogP contribution < -0.4 is 9.64 Å². The molecule has 138 valence electrons. The third-order valence-electron chi connectivity index (χ3n) is 4.43. The number of carbonyl (C=O) groups is 1. The Morgan fingerprint density at radius 2 is 2.08 bits per heavy atom. The van der Waals surface area contributed by atoms with Gasteiger partial charge in [-0.05, 0) is 37.5 Å². The number of halogens is 1. The number of ether oxygens (including phenoxy) is 1. The number of amides is 1. The van der Waals surface area contributed by atoms with Gasteiger partial charge in [-0.25, -0.2) is 14.4 Å². The fourth-order valence-corrected chi connectivity index (χ4v) is 2.99. The van der Waals surface area contributed by atoms with Crippen molar-refractivity contribution < 1.29 is 13.9 Å². The standard InChI is InChI=1S/C19H23FN4O2/c1-13-6-7-14(11-16(13)20)19(25)24-10-4-5-15(12-24)26-18-17(23(2)3)21-8-9-22-18/h6-9,11,15H,4-5,10,12H2,1-3H3. The van der Waals surface area contributed by atoms with Crippen LogP contribution in [0.15, 0.2) is 30.6 Å². The first-order valence-electron chi connectivity index (χ1n) is 8.66. The van der Waals surface area contributed by atoms with E-state index >= 15 is 0 Å². The van der Waals surface area contributed by atoms with Crippen molar-refractivity contribution in [3.8, 4) is 5.88 Å². The predicted octanol–water partition coefficient (Wildman–Crippen LogP) is 2.67. The van der Waals surface area contributed by atoms with E-state index in [1.807, 2.05) is 19.0 Å². The second-order valence-corrected chi connectivity index (χ2v) is 6.68. The van der Waals surface area contributed by atoms with Crippen LogP contribution >= 0.6 is 0 Å². The molecule has 2 heterocycles. The lowest BCUT2D eigenvalue weighted by Gasteiger charge is -2.33. The van der Waals surface area contributed by atoms with E-state index in [1.165, 1.54) is 6.07 Å². The molecule has 0 radical (unpaired) electrons. The zero-order valence-electron chi connectivity index (χ0n) is 15.3. The molecule has 0 saturated carbocycles. The Kier molecular flexibility index (Phi) is 5.35. The number of rotatable bonds is 4. The number of anilines is 1. The number of carbonyl (C=O) groups excluding carboxylic acids is 1. The predicted molar refractivity (Wildman–Crippen MR) is 97.0 cm³/mol. The largest absolute Gasteiger partial charge is 0.470 e. The minimum atomic E-state index is -0.365. The third kappa shape index (κ3) is 3.92. The number of likely N-dealkylation sites (tertiary alicyclic amines) is 1. The van der Waals surface area contributed by atoms with Gasteiger partial charge in [0.05, 0.1) is 6.54 Å². The monoisotopic (exact) mass is 358 g/mol. The van der Waals surface area contributed by atoms with Gasteiger partial charge < -0.3 is 14.5 Å². The highest BCUT2D eigenvalue weighted by Crippen LogP contribution is 2.24. The highest BCUT2D eigenvalue weighted by Gasteiger charge is 2.27. The van der Waals surface area contributed by atoms with Crippen LogP contribution in [0.25, 0.3) is 0 Å². The van der Waals surface area contributed by atoms with E-state index in [-0.39, 0.29) is 17.8 Å². The summed E-state index contributed by atoms with van der Waals surface area (Å²) in [6, 6.07) is 4.59. The van der Waals surface area contributed by atoms with E-state index in [4.69, 9.17) is 4.74 Å². The van der Waals surface area contributed by atoms with Crippen molar-refractivity contribution in [2.75, 3.05) is 32.1 Å². The fraction of sp³-hybridized carbons (Fsp3) is 0.421. The molecule has 1 aromatic heterocycles. The molecule has 2 aromatic rings. The first-order valence-corrected chi connectivity index (χ1v) is 8.66. The molecule has 1 amide bonds. The smallest absolute Gasteiger partial charge is 0.257 e. The lowest BCUT2D eigenvalue weighted by Crippen LogP contribution is -2.44. The molecular weight excluding hydrogens is 335 g/mol. The number of piperidine rings is 1. The first-order chi connectivity index (χ1) is 12.5. The van der Waals surface area contributed by atoms with Crippen molar-refractivity contribution in [3.05, 3.63) is 47.5 Å². The van der Waals surface area contributed by atoms with Crippen LogP contribution in [0.5, 0.6) is 5.88 Å². The summed E-state index contributed by atoms with van der Waals surface area (Å²) in [6.07, 6.45) is 4.68. The van der Waals surface area contributed by atoms with Crippen molar-refractivity contribution >= 4 is 11.7 Å². The molecule has 7 heteroatoms. The number of aryl methyl sites for hydroxylation is 1. The van der Waals surface area contributed by atoms with Gasteiger partial charge in [-0.1, -0.05) is 6.07 Å². The van der Waals surface area contributed by atoms with Gasteiger partial charge in [-0.15, -0.1) is 0 Å². The van der Waals surface area contributed by atoms with E-state index in [0.717, 1.165) is 12.8 Å². The Morgan fingerprint density at radius 1 is 1.31 bits per heavy atom. The highest BCUT2D eigenvalue weighted by atomic mass is 19.1. The molecule has 3 rings (SSSR count). The third-order valence-corrected chi connectivity index (χ3v) is 4.43. The van der Waals surface area contributed by atoms with Crippen molar-refractivity contribution in [1.29, 1.82) is 0 Å². The molecule has 0 bridgehead atoms. The van der Waals surface area contributed by atoms with Crippen molar-refractivity contribution in [2.24, 2.45) is 0 Å². The van der Waals surface area contributed by atoms with E-state index < -0.39 is 0 Å². The van der Waals surface area contributed by atoms with Gasteiger partial charge in [0.15, 0.2) is 5.82 Å². The Bertz CT molecular complexity index is 797. The van der Waals surface area contributed by atoms with Crippen LogP contribution in [0.3, 0.4) is 0 Å². The molecule has 0 N–H and O–H groups in total. The highest BCUT2D eigenvalue weighted by molar-refractivity contribution is 5.94. The van der Waals surface area contributed by atoms with Crippen LogP contribution in [-0.4, -0.2) is 54.1 Å². The molecule has 1 fully saturated rings. The van der Waals surface area contributed by atoms with Crippen LogP contribution in [0.4, 0.5) is 10.2 Å². The van der Waals surface area contributed by atoms with Gasteiger partial charge in [0, 0.05) is 38.6 Å². The summed E-state index contributed by atoms with van der Waals surface area (Å²) in [7, 11) is 3.75. The topological polar surface area (TPSA) is 58.6 Å². The van der Waals surface area contributed by atoms with E-state index in [0.29, 0.717) is 35.9 Å². The molecule has 1 aromatic carbocycles. The summed E-state index contributed by atoms with van der Waals surface area (Å²) in [4.78, 5) is 24.8. The molecule has 1 aliphatic heterocycles. The zero-order chi connectivity index (χ0) is 18.7. The minimum Gasteiger partial charge on any atom is -0.470 e. The van der Waals surface area contributed by atoms with Crippen LogP contribution in [0.1, 0.15) is 28.8 Å². The maximum Gasteiger partial charge on any atom is 0.257 e. The second kappa shape index (κ2) is 7.68. The molecule has 6 nitrogen and oxygen atoms in total. The molecule has 1 atom stereocenters. The average Bonchev–Trinajstić information content (AvgIpc) is 2.64. The number of hydrogen-bond donors (Lipinski definition) is 0. The molecule has 1 aliphatic rings. The molecule has 26 heavy (non-hydrogen) atoms. The summed E-state index contributed by atoms with van der Waals surface area (Å²) >= 11 is 0. The van der Waals surface area contributed by atoms with Crippen LogP contribution in [0, 0.1) is 12.7 Å². The quantitative estimate of drug-likeness (QED) is 0.841. The molecule has 0 aliphatic carbocycles. The Morgan fingerprint density at radius 3 is 2.81 bits per heavy atom. The number of nitrogens with zero attached hydrogens (tertiary/aromatic N) is 4. The zero-order valence-corrected chi connectivity index (χ0v) is 15.3. The Hall–Kier alpha value is -2.70. The minimum absolute atomic E-state index is 0.168. The van der Waals surface area contributed by atoms with Gasteiger partial charge in [0.25, 0.3) is 11.8 Å². The summed E-state index contributed by atoms with van der Waals surface area (Å²) in [5, 5.41) is 0. The van der Waals surface area contributed by atoms with E-state index in [9.17, 15) is 9.18 Å². The van der Waals surface area contributed by atoms with Gasteiger partial charge in [0.2, 0.25) is 0 Å². The fourth-order valence-electron chi connectivity index (χ4n) is 2.99. The average molecular weight is 358 g/mol. The van der Waals surface area contributed by atoms with Gasteiger partial charge in [-0.3, -0.25) is 4.79 Å². The molecule has 1 unspecified atom stereocenters. The van der Waals surface area contributed by atoms with E-state index in [1.54, 1.807) is 36.4 Å². The number of benzene rings is 1. The molecule has 1 saturated heterocycles. The molecule has 0 spiro atoms. The van der Waals surface area contributed by atoms with Gasteiger partial charge >= 0.3 is 0 Å². The van der Waals surface area contributed by atoms with Gasteiger partial charge in [-0.2, -0.15) is 0 Å². The maximum absolute atomic E-state index is 13.8. The number of hydrogen-bond acceptors (Lipinski definition) is 5. The summed E-state index contributed by atoms with van der Waals surface area (Å²) < 4.78 is 19.8. The lowest BCUT2D eigenvalue weighted by atomic mass is 10.1. The Balaban J connectivity index is 1.71. The maximum atomic E-state index is 13.8. The second-order valence-electron chi connectivity index (χ2n) is 6.68.